The Bertz CT molecular complexity index is 777. The van der Waals surface area contributed by atoms with Crippen LogP contribution in [0.5, 0.6) is 5.75 Å². The fraction of sp³-hybridized carbons (Fsp3) is 0.600. The Morgan fingerprint density at radius 1 is 1.22 bits per heavy atom. The van der Waals surface area contributed by atoms with Gasteiger partial charge in [-0.05, 0) is 62.6 Å². The summed E-state index contributed by atoms with van der Waals surface area (Å²) in [6.07, 6.45) is 4.06. The summed E-state index contributed by atoms with van der Waals surface area (Å²) in [5.74, 6) is 4.55. The lowest BCUT2D eigenvalue weighted by Crippen LogP contribution is -2.41. The van der Waals surface area contributed by atoms with Gasteiger partial charge in [0.15, 0.2) is 6.10 Å². The molecule has 2 heterocycles. The number of amides is 2. The molecule has 27 heavy (non-hydrogen) atoms. The van der Waals surface area contributed by atoms with Gasteiger partial charge in [0, 0.05) is 23.1 Å². The third kappa shape index (κ3) is 2.94. The lowest BCUT2D eigenvalue weighted by atomic mass is 9.79. The van der Waals surface area contributed by atoms with Gasteiger partial charge in [-0.2, -0.15) is 0 Å². The van der Waals surface area contributed by atoms with Crippen molar-refractivity contribution in [3.05, 3.63) is 18.2 Å². The second-order valence-corrected chi connectivity index (χ2v) is 11.0. The van der Waals surface area contributed by atoms with E-state index in [9.17, 15) is 9.59 Å². The smallest absolute Gasteiger partial charge is 0.265 e. The van der Waals surface area contributed by atoms with Crippen LogP contribution < -0.4 is 15.4 Å². The number of rotatable bonds is 2. The topological polar surface area (TPSA) is 67.4 Å². The van der Waals surface area contributed by atoms with Crippen molar-refractivity contribution in [2.75, 3.05) is 22.1 Å². The Morgan fingerprint density at radius 2 is 1.93 bits per heavy atom. The van der Waals surface area contributed by atoms with E-state index in [1.54, 1.807) is 13.0 Å². The molecule has 1 saturated heterocycles. The van der Waals surface area contributed by atoms with Gasteiger partial charge in [-0.3, -0.25) is 9.59 Å². The molecule has 7 heteroatoms. The van der Waals surface area contributed by atoms with Crippen molar-refractivity contribution in [3.63, 3.8) is 0 Å². The number of carbonyl (C=O) groups excluding carboxylic acids is 2. The van der Waals surface area contributed by atoms with Crippen molar-refractivity contribution in [1.82, 2.24) is 0 Å². The summed E-state index contributed by atoms with van der Waals surface area (Å²) in [7, 11) is 0. The second-order valence-electron chi connectivity index (χ2n) is 8.01. The molecule has 2 amide bonds. The highest BCUT2D eigenvalue weighted by Gasteiger charge is 2.57. The van der Waals surface area contributed by atoms with Gasteiger partial charge in [0.2, 0.25) is 5.91 Å². The van der Waals surface area contributed by atoms with Crippen molar-refractivity contribution >= 4 is 46.7 Å². The molecule has 1 aromatic carbocycles. The van der Waals surface area contributed by atoms with Gasteiger partial charge in [-0.25, -0.2) is 0 Å². The average Bonchev–Trinajstić information content (AvgIpc) is 3.18. The Balaban J connectivity index is 1.28. The van der Waals surface area contributed by atoms with Crippen LogP contribution in [-0.2, 0) is 9.59 Å². The SMILES string of the molecule is C[C@H]1Oc2ccc(NC(=O)C3C[C@H]4CC[C@@H](C3)C43SCCS3)cc2NC1=O. The number of ether oxygens (including phenoxy) is 1. The summed E-state index contributed by atoms with van der Waals surface area (Å²) >= 11 is 4.31. The number of benzene rings is 1. The lowest BCUT2D eigenvalue weighted by Gasteiger charge is -2.42. The molecule has 2 N–H and O–H groups in total. The zero-order valence-electron chi connectivity index (χ0n) is 15.3. The highest BCUT2D eigenvalue weighted by Crippen LogP contribution is 2.65. The van der Waals surface area contributed by atoms with E-state index in [1.807, 2.05) is 12.1 Å². The van der Waals surface area contributed by atoms with Crippen LogP contribution in [0.15, 0.2) is 18.2 Å². The van der Waals surface area contributed by atoms with E-state index in [4.69, 9.17) is 4.74 Å². The zero-order chi connectivity index (χ0) is 18.6. The molecule has 5 rings (SSSR count). The molecule has 2 aliphatic carbocycles. The molecule has 1 spiro atoms. The summed E-state index contributed by atoms with van der Waals surface area (Å²) in [5.41, 5.74) is 1.34. The van der Waals surface area contributed by atoms with Crippen molar-refractivity contribution < 1.29 is 14.3 Å². The van der Waals surface area contributed by atoms with Crippen LogP contribution >= 0.6 is 23.5 Å². The summed E-state index contributed by atoms with van der Waals surface area (Å²) in [6, 6.07) is 5.45. The maximum absolute atomic E-state index is 12.9. The molecule has 2 bridgehead atoms. The standard InChI is InChI=1S/C20H24N2O3S2/c1-11-18(23)22-16-10-15(4-5-17(16)25-11)21-19(24)12-8-13-2-3-14(9-12)20(13)26-6-7-27-20/h4-5,10-14H,2-3,6-9H2,1H3,(H,21,24)(H,22,23)/t11-,12?,13-,14+/m1/s1. The van der Waals surface area contributed by atoms with E-state index in [-0.39, 0.29) is 17.7 Å². The fourth-order valence-corrected chi connectivity index (χ4v) is 9.08. The van der Waals surface area contributed by atoms with Gasteiger partial charge < -0.3 is 15.4 Å². The van der Waals surface area contributed by atoms with E-state index < -0.39 is 6.10 Å². The molecule has 144 valence electrons. The van der Waals surface area contributed by atoms with Crippen LogP contribution in [0.4, 0.5) is 11.4 Å². The van der Waals surface area contributed by atoms with Crippen molar-refractivity contribution in [2.45, 2.75) is 42.8 Å². The number of hydrogen-bond acceptors (Lipinski definition) is 5. The van der Waals surface area contributed by atoms with Crippen LogP contribution in [0.2, 0.25) is 0 Å². The summed E-state index contributed by atoms with van der Waals surface area (Å²) in [5, 5.41) is 5.92. The number of fused-ring (bicyclic) bond motifs is 1. The molecule has 4 aliphatic rings. The molecule has 0 aromatic heterocycles. The number of thioether (sulfide) groups is 2. The van der Waals surface area contributed by atoms with Crippen LogP contribution in [-0.4, -0.2) is 33.5 Å². The maximum atomic E-state index is 12.9. The minimum atomic E-state index is -0.491. The van der Waals surface area contributed by atoms with Crippen molar-refractivity contribution in [3.8, 4) is 5.75 Å². The summed E-state index contributed by atoms with van der Waals surface area (Å²) in [4.78, 5) is 24.7. The quantitative estimate of drug-likeness (QED) is 0.781. The third-order valence-electron chi connectivity index (χ3n) is 6.43. The number of carbonyl (C=O) groups is 2. The number of nitrogens with one attached hydrogen (secondary N) is 2. The number of hydrogen-bond donors (Lipinski definition) is 2. The zero-order valence-corrected chi connectivity index (χ0v) is 17.0. The molecular weight excluding hydrogens is 380 g/mol. The fourth-order valence-electron chi connectivity index (χ4n) is 5.15. The molecule has 1 aromatic rings. The Hall–Kier alpha value is -1.34. The highest BCUT2D eigenvalue weighted by molar-refractivity contribution is 8.21. The highest BCUT2D eigenvalue weighted by atomic mass is 32.2. The van der Waals surface area contributed by atoms with Crippen molar-refractivity contribution in [1.29, 1.82) is 0 Å². The Morgan fingerprint density at radius 3 is 2.63 bits per heavy atom. The van der Waals surface area contributed by atoms with Gasteiger partial charge in [0.05, 0.1) is 9.77 Å². The molecule has 0 radical (unpaired) electrons. The largest absolute Gasteiger partial charge is 0.479 e. The lowest BCUT2D eigenvalue weighted by molar-refractivity contribution is -0.123. The van der Waals surface area contributed by atoms with E-state index in [2.05, 4.69) is 34.2 Å². The Kier molecular flexibility index (Phi) is 4.35. The van der Waals surface area contributed by atoms with E-state index in [0.717, 1.165) is 18.5 Å². The minimum Gasteiger partial charge on any atom is -0.479 e. The first-order chi connectivity index (χ1) is 13.0. The summed E-state index contributed by atoms with van der Waals surface area (Å²) < 4.78 is 5.98. The molecule has 1 unspecified atom stereocenters. The monoisotopic (exact) mass is 404 g/mol. The predicted octanol–water partition coefficient (Wildman–Crippen LogP) is 3.96. The molecular formula is C20H24N2O3S2. The van der Waals surface area contributed by atoms with Gasteiger partial charge in [-0.15, -0.1) is 23.5 Å². The maximum Gasteiger partial charge on any atom is 0.265 e. The van der Waals surface area contributed by atoms with Crippen molar-refractivity contribution in [2.24, 2.45) is 17.8 Å². The second kappa shape index (κ2) is 6.62. The number of anilines is 2. The average molecular weight is 405 g/mol. The van der Waals surface area contributed by atoms with Gasteiger partial charge >= 0.3 is 0 Å². The molecule has 2 aliphatic heterocycles. The van der Waals surface area contributed by atoms with Gasteiger partial charge in [0.1, 0.15) is 5.75 Å². The van der Waals surface area contributed by atoms with Gasteiger partial charge in [-0.1, -0.05) is 0 Å². The summed E-state index contributed by atoms with van der Waals surface area (Å²) in [6.45, 7) is 1.72. The minimum absolute atomic E-state index is 0.0943. The first kappa shape index (κ1) is 17.7. The molecule has 3 fully saturated rings. The first-order valence-electron chi connectivity index (χ1n) is 9.75. The molecule has 4 atom stereocenters. The molecule has 5 nitrogen and oxygen atoms in total. The van der Waals surface area contributed by atoms with Gasteiger partial charge in [0.25, 0.3) is 5.91 Å². The van der Waals surface area contributed by atoms with Crippen LogP contribution in [0.25, 0.3) is 0 Å². The van der Waals surface area contributed by atoms with E-state index >= 15 is 0 Å². The van der Waals surface area contributed by atoms with E-state index in [0.29, 0.717) is 27.4 Å². The van der Waals surface area contributed by atoms with Crippen LogP contribution in [0.3, 0.4) is 0 Å². The predicted molar refractivity (Wildman–Crippen MR) is 110 cm³/mol. The first-order valence-corrected chi connectivity index (χ1v) is 11.7. The van der Waals surface area contributed by atoms with E-state index in [1.165, 1.54) is 24.3 Å². The Labute approximate surface area is 167 Å². The normalized spacial score (nSPS) is 33.3. The third-order valence-corrected chi connectivity index (χ3v) is 10.4. The molecule has 2 saturated carbocycles. The van der Waals surface area contributed by atoms with Crippen LogP contribution in [0.1, 0.15) is 32.6 Å². The van der Waals surface area contributed by atoms with Crippen LogP contribution in [0, 0.1) is 17.8 Å².